The number of carbonyl (C=O) groups excluding carboxylic acids is 2. The molecular formula is C12H14ClN3O2S. The molecule has 0 aliphatic carbocycles. The Bertz CT molecular complexity index is 510. The van der Waals surface area contributed by atoms with Gasteiger partial charge in [0, 0.05) is 5.02 Å². The highest BCUT2D eigenvalue weighted by atomic mass is 35.5. The first kappa shape index (κ1) is 14.0. The van der Waals surface area contributed by atoms with E-state index in [1.165, 1.54) is 16.7 Å². The molecule has 7 heteroatoms. The van der Waals surface area contributed by atoms with Crippen molar-refractivity contribution >= 4 is 40.9 Å². The van der Waals surface area contributed by atoms with E-state index in [0.29, 0.717) is 22.3 Å². The molecule has 0 unspecified atom stereocenters. The van der Waals surface area contributed by atoms with Crippen LogP contribution in [0.4, 0.5) is 5.69 Å². The maximum atomic E-state index is 11.7. The Morgan fingerprint density at radius 3 is 2.95 bits per heavy atom. The van der Waals surface area contributed by atoms with E-state index in [2.05, 4.69) is 10.9 Å². The van der Waals surface area contributed by atoms with Gasteiger partial charge < -0.3 is 4.90 Å². The summed E-state index contributed by atoms with van der Waals surface area (Å²) in [4.78, 5) is 24.5. The molecule has 102 valence electrons. The summed E-state index contributed by atoms with van der Waals surface area (Å²) in [5, 5.41) is 0.630. The average Bonchev–Trinajstić information content (AvgIpc) is 2.77. The molecule has 1 aromatic rings. The van der Waals surface area contributed by atoms with Gasteiger partial charge in [0.1, 0.15) is 6.54 Å². The number of amides is 2. The number of hydrogen-bond acceptors (Lipinski definition) is 4. The number of aryl methyl sites for hydroxylation is 1. The van der Waals surface area contributed by atoms with Gasteiger partial charge in [-0.1, -0.05) is 17.7 Å². The van der Waals surface area contributed by atoms with Crippen molar-refractivity contribution in [3.05, 3.63) is 28.8 Å². The van der Waals surface area contributed by atoms with Crippen LogP contribution in [-0.2, 0) is 9.59 Å². The predicted octanol–water partition coefficient (Wildman–Crippen LogP) is 1.62. The van der Waals surface area contributed by atoms with Crippen molar-refractivity contribution in [3.8, 4) is 0 Å². The monoisotopic (exact) mass is 299 g/mol. The van der Waals surface area contributed by atoms with Crippen LogP contribution in [0.15, 0.2) is 18.2 Å². The third-order valence-corrected chi connectivity index (χ3v) is 4.03. The number of hydrazine groups is 1. The van der Waals surface area contributed by atoms with Gasteiger partial charge in [0.05, 0.1) is 17.3 Å². The van der Waals surface area contributed by atoms with Crippen molar-refractivity contribution in [1.29, 1.82) is 0 Å². The zero-order valence-electron chi connectivity index (χ0n) is 10.4. The van der Waals surface area contributed by atoms with E-state index in [1.807, 2.05) is 19.1 Å². The summed E-state index contributed by atoms with van der Waals surface area (Å²) >= 11 is 7.49. The number of rotatable bonds is 4. The van der Waals surface area contributed by atoms with Gasteiger partial charge in [-0.2, -0.15) is 0 Å². The lowest BCUT2D eigenvalue weighted by molar-refractivity contribution is -0.132. The van der Waals surface area contributed by atoms with Gasteiger partial charge in [-0.25, -0.2) is 0 Å². The fourth-order valence-electron chi connectivity index (χ4n) is 1.57. The van der Waals surface area contributed by atoms with Crippen molar-refractivity contribution in [1.82, 2.24) is 10.3 Å². The zero-order valence-corrected chi connectivity index (χ0v) is 12.0. The molecule has 1 aliphatic rings. The van der Waals surface area contributed by atoms with Crippen LogP contribution in [0, 0.1) is 6.92 Å². The minimum absolute atomic E-state index is 0.00136. The highest BCUT2D eigenvalue weighted by molar-refractivity contribution is 8.00. The Kier molecular flexibility index (Phi) is 4.55. The van der Waals surface area contributed by atoms with Crippen LogP contribution >= 0.6 is 23.4 Å². The lowest BCUT2D eigenvalue weighted by Gasteiger charge is -2.15. The molecule has 1 heterocycles. The molecule has 0 aromatic heterocycles. The minimum Gasteiger partial charge on any atom is -0.323 e. The van der Waals surface area contributed by atoms with Gasteiger partial charge in [-0.3, -0.25) is 20.4 Å². The number of nitrogens with zero attached hydrogens (tertiary/aromatic N) is 1. The second-order valence-electron chi connectivity index (χ2n) is 4.21. The number of anilines is 1. The van der Waals surface area contributed by atoms with Gasteiger partial charge in [0.25, 0.3) is 5.91 Å². The predicted molar refractivity (Wildman–Crippen MR) is 77.0 cm³/mol. The van der Waals surface area contributed by atoms with Gasteiger partial charge in [-0.15, -0.1) is 11.8 Å². The molecule has 1 aliphatic heterocycles. The summed E-state index contributed by atoms with van der Waals surface area (Å²) in [7, 11) is 0. The SMILES string of the molecule is Cc1ccc(NNC(=O)CN2CSCC2=O)cc1Cl. The molecule has 2 rings (SSSR count). The summed E-state index contributed by atoms with van der Waals surface area (Å²) in [6.07, 6.45) is 0. The fraction of sp³-hybridized carbons (Fsp3) is 0.333. The van der Waals surface area contributed by atoms with Crippen LogP contribution in [0.25, 0.3) is 0 Å². The highest BCUT2D eigenvalue weighted by Crippen LogP contribution is 2.19. The van der Waals surface area contributed by atoms with E-state index in [0.717, 1.165) is 5.56 Å². The Hall–Kier alpha value is -1.40. The van der Waals surface area contributed by atoms with Gasteiger partial charge >= 0.3 is 0 Å². The normalized spacial score (nSPS) is 14.6. The molecule has 5 nitrogen and oxygen atoms in total. The van der Waals surface area contributed by atoms with E-state index in [9.17, 15) is 9.59 Å². The Morgan fingerprint density at radius 1 is 1.53 bits per heavy atom. The van der Waals surface area contributed by atoms with E-state index in [1.54, 1.807) is 6.07 Å². The zero-order chi connectivity index (χ0) is 13.8. The topological polar surface area (TPSA) is 61.4 Å². The van der Waals surface area contributed by atoms with Crippen LogP contribution in [0.2, 0.25) is 5.02 Å². The molecule has 0 atom stereocenters. The van der Waals surface area contributed by atoms with Crippen LogP contribution in [-0.4, -0.2) is 34.9 Å². The van der Waals surface area contributed by atoms with Crippen molar-refractivity contribution < 1.29 is 9.59 Å². The number of halogens is 1. The van der Waals surface area contributed by atoms with Crippen molar-refractivity contribution in [3.63, 3.8) is 0 Å². The summed E-state index contributed by atoms with van der Waals surface area (Å²) in [6, 6.07) is 5.41. The fourth-order valence-corrected chi connectivity index (χ4v) is 2.65. The molecular weight excluding hydrogens is 286 g/mol. The van der Waals surface area contributed by atoms with Gasteiger partial charge in [0.15, 0.2) is 0 Å². The smallest absolute Gasteiger partial charge is 0.257 e. The first-order valence-corrected chi connectivity index (χ1v) is 7.26. The number of hydrogen-bond donors (Lipinski definition) is 2. The van der Waals surface area contributed by atoms with E-state index >= 15 is 0 Å². The molecule has 2 N–H and O–H groups in total. The largest absolute Gasteiger partial charge is 0.323 e. The van der Waals surface area contributed by atoms with E-state index in [-0.39, 0.29) is 18.4 Å². The summed E-state index contributed by atoms with van der Waals surface area (Å²) in [5.41, 5.74) is 6.99. The lowest BCUT2D eigenvalue weighted by atomic mass is 10.2. The lowest BCUT2D eigenvalue weighted by Crippen LogP contribution is -2.40. The molecule has 0 bridgehead atoms. The quantitative estimate of drug-likeness (QED) is 0.830. The number of carbonyl (C=O) groups is 2. The summed E-state index contributed by atoms with van der Waals surface area (Å²) < 4.78 is 0. The van der Waals surface area contributed by atoms with Gasteiger partial charge in [-0.05, 0) is 24.6 Å². The molecule has 1 saturated heterocycles. The van der Waals surface area contributed by atoms with Gasteiger partial charge in [0.2, 0.25) is 5.91 Å². The van der Waals surface area contributed by atoms with E-state index in [4.69, 9.17) is 11.6 Å². The maximum Gasteiger partial charge on any atom is 0.257 e. The molecule has 1 fully saturated rings. The Balaban J connectivity index is 1.82. The molecule has 0 radical (unpaired) electrons. The van der Waals surface area contributed by atoms with Crippen LogP contribution in [0.5, 0.6) is 0 Å². The first-order chi connectivity index (χ1) is 9.06. The second-order valence-corrected chi connectivity index (χ2v) is 5.57. The number of nitrogens with one attached hydrogen (secondary N) is 2. The van der Waals surface area contributed by atoms with Crippen molar-refractivity contribution in [2.24, 2.45) is 0 Å². The highest BCUT2D eigenvalue weighted by Gasteiger charge is 2.22. The molecule has 0 saturated carbocycles. The standard InChI is InChI=1S/C12H14ClN3O2S/c1-8-2-3-9(4-10(8)13)14-15-11(17)5-16-7-19-6-12(16)18/h2-4,14H,5-7H2,1H3,(H,15,17). The number of benzene rings is 1. The van der Waals surface area contributed by atoms with Crippen LogP contribution in [0.3, 0.4) is 0 Å². The maximum absolute atomic E-state index is 11.7. The first-order valence-electron chi connectivity index (χ1n) is 5.73. The van der Waals surface area contributed by atoms with Crippen LogP contribution < -0.4 is 10.9 Å². The summed E-state index contributed by atoms with van der Waals surface area (Å²) in [5.74, 6) is 0.766. The minimum atomic E-state index is -0.257. The Morgan fingerprint density at radius 2 is 2.32 bits per heavy atom. The second kappa shape index (κ2) is 6.16. The van der Waals surface area contributed by atoms with Crippen molar-refractivity contribution in [2.45, 2.75) is 6.92 Å². The Labute approximate surface area is 120 Å². The third kappa shape index (κ3) is 3.78. The molecule has 0 spiro atoms. The molecule has 2 amide bonds. The molecule has 19 heavy (non-hydrogen) atoms. The molecule has 1 aromatic carbocycles. The summed E-state index contributed by atoms with van der Waals surface area (Å²) in [6.45, 7) is 1.97. The third-order valence-electron chi connectivity index (χ3n) is 2.68. The average molecular weight is 300 g/mol. The van der Waals surface area contributed by atoms with Crippen molar-refractivity contribution in [2.75, 3.05) is 23.6 Å². The van der Waals surface area contributed by atoms with E-state index < -0.39 is 0 Å². The van der Waals surface area contributed by atoms with Crippen LogP contribution in [0.1, 0.15) is 5.56 Å². The number of thioether (sulfide) groups is 1.